The first-order valence-electron chi connectivity index (χ1n) is 6.91. The number of carbonyl (C=O) groups is 1. The van der Waals surface area contributed by atoms with Crippen LogP contribution in [0.2, 0.25) is 5.02 Å². The zero-order valence-electron chi connectivity index (χ0n) is 13.3. The van der Waals surface area contributed by atoms with Crippen molar-refractivity contribution in [2.24, 2.45) is 0 Å². The van der Waals surface area contributed by atoms with Crippen molar-refractivity contribution in [2.75, 3.05) is 19.4 Å². The number of rotatable bonds is 5. The smallest absolute Gasteiger partial charge is 0.270 e. The maximum absolute atomic E-state index is 12.3. The second-order valence-corrected chi connectivity index (χ2v) is 7.75. The number of nitrogens with one attached hydrogen (secondary N) is 1. The van der Waals surface area contributed by atoms with Gasteiger partial charge in [-0.25, -0.2) is 12.7 Å². The first-order valence-corrected chi connectivity index (χ1v) is 8.72. The van der Waals surface area contributed by atoms with E-state index in [4.69, 9.17) is 11.6 Å². The van der Waals surface area contributed by atoms with E-state index in [-0.39, 0.29) is 26.9 Å². The van der Waals surface area contributed by atoms with Crippen LogP contribution >= 0.6 is 11.6 Å². The molecule has 1 N–H and O–H groups in total. The highest BCUT2D eigenvalue weighted by Crippen LogP contribution is 2.24. The maximum Gasteiger partial charge on any atom is 0.270 e. The van der Waals surface area contributed by atoms with Crippen LogP contribution in [0.5, 0.6) is 0 Å². The van der Waals surface area contributed by atoms with Crippen molar-refractivity contribution >= 4 is 38.9 Å². The normalized spacial score (nSPS) is 11.4. The molecule has 0 radical (unpaired) electrons. The molecule has 132 valence electrons. The van der Waals surface area contributed by atoms with Gasteiger partial charge in [-0.1, -0.05) is 17.7 Å². The van der Waals surface area contributed by atoms with E-state index in [2.05, 4.69) is 5.32 Å². The van der Waals surface area contributed by atoms with Gasteiger partial charge in [0.05, 0.1) is 20.4 Å². The molecular formula is C15H14ClN3O5S. The number of anilines is 1. The Morgan fingerprint density at radius 1 is 1.20 bits per heavy atom. The number of hydrogen-bond acceptors (Lipinski definition) is 5. The Morgan fingerprint density at radius 3 is 2.44 bits per heavy atom. The molecule has 25 heavy (non-hydrogen) atoms. The average Bonchev–Trinajstić information content (AvgIpc) is 2.54. The lowest BCUT2D eigenvalue weighted by Gasteiger charge is -2.13. The van der Waals surface area contributed by atoms with Gasteiger partial charge in [-0.2, -0.15) is 0 Å². The van der Waals surface area contributed by atoms with Gasteiger partial charge in [0.1, 0.15) is 0 Å². The van der Waals surface area contributed by atoms with Crippen LogP contribution in [-0.2, 0) is 10.0 Å². The van der Waals surface area contributed by atoms with E-state index < -0.39 is 20.9 Å². The Labute approximate surface area is 149 Å². The Morgan fingerprint density at radius 2 is 1.88 bits per heavy atom. The molecule has 2 aromatic rings. The number of sulfonamides is 1. The summed E-state index contributed by atoms with van der Waals surface area (Å²) in [7, 11) is -0.842. The Kier molecular flexibility index (Phi) is 5.41. The van der Waals surface area contributed by atoms with Crippen molar-refractivity contribution in [2.45, 2.75) is 4.90 Å². The lowest BCUT2D eigenvalue weighted by molar-refractivity contribution is -0.384. The highest BCUT2D eigenvalue weighted by Gasteiger charge is 2.19. The zero-order chi connectivity index (χ0) is 18.8. The molecule has 0 aromatic heterocycles. The van der Waals surface area contributed by atoms with E-state index in [1.165, 1.54) is 44.4 Å². The molecule has 0 saturated heterocycles. The van der Waals surface area contributed by atoms with Crippen molar-refractivity contribution in [3.05, 3.63) is 63.2 Å². The van der Waals surface area contributed by atoms with Gasteiger partial charge in [0, 0.05) is 31.9 Å². The van der Waals surface area contributed by atoms with Crippen LogP contribution in [0.15, 0.2) is 47.4 Å². The van der Waals surface area contributed by atoms with Crippen molar-refractivity contribution in [3.63, 3.8) is 0 Å². The van der Waals surface area contributed by atoms with Crippen LogP contribution in [0.4, 0.5) is 11.4 Å². The second kappa shape index (κ2) is 7.18. The van der Waals surface area contributed by atoms with E-state index in [0.29, 0.717) is 0 Å². The molecule has 0 aliphatic carbocycles. The summed E-state index contributed by atoms with van der Waals surface area (Å²) in [5.41, 5.74) is 0.0519. The van der Waals surface area contributed by atoms with Crippen LogP contribution in [0.3, 0.4) is 0 Å². The van der Waals surface area contributed by atoms with E-state index >= 15 is 0 Å². The second-order valence-electron chi connectivity index (χ2n) is 5.19. The quantitative estimate of drug-likeness (QED) is 0.630. The number of nitro groups is 1. The molecule has 0 saturated carbocycles. The van der Waals surface area contributed by atoms with Crippen LogP contribution in [-0.4, -0.2) is 37.6 Å². The molecule has 0 fully saturated rings. The van der Waals surface area contributed by atoms with Gasteiger partial charge < -0.3 is 5.32 Å². The number of halogens is 1. The Balaban J connectivity index is 2.29. The van der Waals surface area contributed by atoms with Crippen molar-refractivity contribution in [1.29, 1.82) is 0 Å². The average molecular weight is 384 g/mol. The van der Waals surface area contributed by atoms with Crippen molar-refractivity contribution < 1.29 is 18.1 Å². The van der Waals surface area contributed by atoms with Gasteiger partial charge >= 0.3 is 0 Å². The molecule has 2 aromatic carbocycles. The molecule has 0 aliphatic heterocycles. The summed E-state index contributed by atoms with van der Waals surface area (Å²) in [5, 5.41) is 13.1. The molecule has 0 bridgehead atoms. The van der Waals surface area contributed by atoms with Crippen LogP contribution in [0.25, 0.3) is 0 Å². The third-order valence-electron chi connectivity index (χ3n) is 3.28. The van der Waals surface area contributed by atoms with Gasteiger partial charge in [0.15, 0.2) is 0 Å². The van der Waals surface area contributed by atoms with Crippen molar-refractivity contribution in [1.82, 2.24) is 4.31 Å². The molecule has 0 atom stereocenters. The van der Waals surface area contributed by atoms with E-state index in [1.54, 1.807) is 0 Å². The number of nitrogens with zero attached hydrogens (tertiary/aromatic N) is 2. The van der Waals surface area contributed by atoms with Crippen LogP contribution in [0.1, 0.15) is 10.4 Å². The van der Waals surface area contributed by atoms with Crippen molar-refractivity contribution in [3.8, 4) is 0 Å². The first-order chi connectivity index (χ1) is 11.6. The standard InChI is InChI=1S/C15H14ClN3O5S/c1-18(2)25(23,24)12-5-3-4-10(8-12)17-15(20)13-7-6-11(19(21)22)9-14(13)16/h3-9H,1-2H3,(H,17,20). The van der Waals surface area contributed by atoms with Gasteiger partial charge in [-0.05, 0) is 24.3 Å². The summed E-state index contributed by atoms with van der Waals surface area (Å²) in [6, 6.07) is 9.19. The number of hydrogen-bond donors (Lipinski definition) is 1. The Bertz CT molecular complexity index is 944. The highest BCUT2D eigenvalue weighted by atomic mass is 35.5. The van der Waals surface area contributed by atoms with Gasteiger partial charge in [0.25, 0.3) is 11.6 Å². The molecule has 10 heteroatoms. The lowest BCUT2D eigenvalue weighted by Crippen LogP contribution is -2.22. The molecule has 8 nitrogen and oxygen atoms in total. The van der Waals surface area contributed by atoms with Gasteiger partial charge in [-0.15, -0.1) is 0 Å². The maximum atomic E-state index is 12.3. The fourth-order valence-corrected chi connectivity index (χ4v) is 3.15. The monoisotopic (exact) mass is 383 g/mol. The molecule has 0 unspecified atom stereocenters. The summed E-state index contributed by atoms with van der Waals surface area (Å²) >= 11 is 5.91. The van der Waals surface area contributed by atoms with E-state index in [9.17, 15) is 23.3 Å². The van der Waals surface area contributed by atoms with E-state index in [0.717, 1.165) is 16.4 Å². The lowest BCUT2D eigenvalue weighted by atomic mass is 10.2. The minimum absolute atomic E-state index is 0.0186. The number of benzene rings is 2. The number of amides is 1. The molecule has 0 spiro atoms. The number of nitro benzene ring substituents is 1. The van der Waals surface area contributed by atoms with Crippen LogP contribution < -0.4 is 5.32 Å². The summed E-state index contributed by atoms with van der Waals surface area (Å²) < 4.78 is 25.3. The van der Waals surface area contributed by atoms with Gasteiger partial charge in [-0.3, -0.25) is 14.9 Å². The zero-order valence-corrected chi connectivity index (χ0v) is 14.8. The Hall–Kier alpha value is -2.49. The number of non-ortho nitro benzene ring substituents is 1. The fourth-order valence-electron chi connectivity index (χ4n) is 1.95. The molecule has 0 aliphatic rings. The summed E-state index contributed by atoms with van der Waals surface area (Å²) in [5.74, 6) is -0.612. The summed E-state index contributed by atoms with van der Waals surface area (Å²) in [4.78, 5) is 22.4. The first kappa shape index (κ1) is 18.8. The minimum Gasteiger partial charge on any atom is -0.322 e. The third kappa shape index (κ3) is 4.13. The molecule has 2 rings (SSSR count). The van der Waals surface area contributed by atoms with Crippen LogP contribution in [0, 0.1) is 10.1 Å². The summed E-state index contributed by atoms with van der Waals surface area (Å²) in [6.07, 6.45) is 0. The predicted molar refractivity (Wildman–Crippen MR) is 93.4 cm³/mol. The molecule has 0 heterocycles. The van der Waals surface area contributed by atoms with Gasteiger partial charge in [0.2, 0.25) is 10.0 Å². The minimum atomic E-state index is -3.64. The predicted octanol–water partition coefficient (Wildman–Crippen LogP) is 2.75. The highest BCUT2D eigenvalue weighted by molar-refractivity contribution is 7.89. The fraction of sp³-hybridized carbons (Fsp3) is 0.133. The molecule has 1 amide bonds. The largest absolute Gasteiger partial charge is 0.322 e. The topological polar surface area (TPSA) is 110 Å². The van der Waals surface area contributed by atoms with E-state index in [1.807, 2.05) is 0 Å². The third-order valence-corrected chi connectivity index (χ3v) is 5.40. The number of carbonyl (C=O) groups excluding carboxylic acids is 1. The molecular weight excluding hydrogens is 370 g/mol. The summed E-state index contributed by atoms with van der Waals surface area (Å²) in [6.45, 7) is 0. The SMILES string of the molecule is CN(C)S(=O)(=O)c1cccc(NC(=O)c2ccc([N+](=O)[O-])cc2Cl)c1.